The molecule has 0 unspecified atom stereocenters. The SMILES string of the molecule is CCCCCCCCCc1cc(CCCCCCCCC)nc(C)n1. The van der Waals surface area contributed by atoms with Crippen LogP contribution in [0.15, 0.2) is 6.07 Å². The fourth-order valence-corrected chi connectivity index (χ4v) is 3.48. The normalized spacial score (nSPS) is 11.2. The Kier molecular flexibility index (Phi) is 13.6. The zero-order chi connectivity index (χ0) is 18.2. The van der Waals surface area contributed by atoms with E-state index in [1.807, 2.05) is 6.92 Å². The van der Waals surface area contributed by atoms with Gasteiger partial charge in [0.25, 0.3) is 0 Å². The summed E-state index contributed by atoms with van der Waals surface area (Å²) in [5.41, 5.74) is 2.53. The van der Waals surface area contributed by atoms with Crippen molar-refractivity contribution in [2.75, 3.05) is 0 Å². The summed E-state index contributed by atoms with van der Waals surface area (Å²) in [6.45, 7) is 6.60. The van der Waals surface area contributed by atoms with Gasteiger partial charge in [-0.2, -0.15) is 0 Å². The lowest BCUT2D eigenvalue weighted by Crippen LogP contribution is -2.01. The molecule has 0 aliphatic rings. The molecule has 2 nitrogen and oxygen atoms in total. The molecule has 0 aromatic carbocycles. The second-order valence-electron chi connectivity index (χ2n) is 7.64. The Morgan fingerprint density at radius 2 is 0.920 bits per heavy atom. The lowest BCUT2D eigenvalue weighted by atomic mass is 10.1. The summed E-state index contributed by atoms with van der Waals surface area (Å²) < 4.78 is 0. The van der Waals surface area contributed by atoms with E-state index in [9.17, 15) is 0 Å². The smallest absolute Gasteiger partial charge is 0.125 e. The molecule has 1 aromatic rings. The van der Waals surface area contributed by atoms with Crippen LogP contribution in [-0.2, 0) is 12.8 Å². The van der Waals surface area contributed by atoms with Gasteiger partial charge >= 0.3 is 0 Å². The maximum atomic E-state index is 4.65. The lowest BCUT2D eigenvalue weighted by molar-refractivity contribution is 0.583. The first-order valence-electron chi connectivity index (χ1n) is 11.1. The summed E-state index contributed by atoms with van der Waals surface area (Å²) in [6.07, 6.45) is 21.4. The van der Waals surface area contributed by atoms with Crippen molar-refractivity contribution >= 4 is 0 Å². The fourth-order valence-electron chi connectivity index (χ4n) is 3.48. The van der Waals surface area contributed by atoms with E-state index in [0.29, 0.717) is 0 Å². The van der Waals surface area contributed by atoms with E-state index >= 15 is 0 Å². The largest absolute Gasteiger partial charge is 0.238 e. The van der Waals surface area contributed by atoms with Gasteiger partial charge < -0.3 is 0 Å². The van der Waals surface area contributed by atoms with Crippen molar-refractivity contribution in [3.05, 3.63) is 23.3 Å². The molecule has 2 heteroatoms. The van der Waals surface area contributed by atoms with Crippen LogP contribution >= 0.6 is 0 Å². The van der Waals surface area contributed by atoms with Crippen LogP contribution in [0.25, 0.3) is 0 Å². The third kappa shape index (κ3) is 12.1. The fraction of sp³-hybridized carbons (Fsp3) is 0.826. The molecule has 0 aliphatic carbocycles. The summed E-state index contributed by atoms with van der Waals surface area (Å²) in [6, 6.07) is 2.27. The predicted molar refractivity (Wildman–Crippen MR) is 110 cm³/mol. The van der Waals surface area contributed by atoms with Crippen LogP contribution in [0.5, 0.6) is 0 Å². The van der Waals surface area contributed by atoms with Crippen LogP contribution in [0.1, 0.15) is 121 Å². The Hall–Kier alpha value is -0.920. The predicted octanol–water partition coefficient (Wildman–Crippen LogP) is 7.37. The Morgan fingerprint density at radius 3 is 1.32 bits per heavy atom. The van der Waals surface area contributed by atoms with Gasteiger partial charge in [-0.3, -0.25) is 0 Å². The van der Waals surface area contributed by atoms with Crippen LogP contribution in [0.4, 0.5) is 0 Å². The van der Waals surface area contributed by atoms with E-state index in [0.717, 1.165) is 18.7 Å². The van der Waals surface area contributed by atoms with Gasteiger partial charge in [0.05, 0.1) is 0 Å². The number of aromatic nitrogens is 2. The Labute approximate surface area is 157 Å². The van der Waals surface area contributed by atoms with Crippen molar-refractivity contribution < 1.29 is 0 Å². The zero-order valence-corrected chi connectivity index (χ0v) is 17.3. The Balaban J connectivity index is 2.19. The minimum Gasteiger partial charge on any atom is -0.238 e. The average molecular weight is 347 g/mol. The number of aryl methyl sites for hydroxylation is 3. The highest BCUT2D eigenvalue weighted by Crippen LogP contribution is 2.13. The Bertz CT molecular complexity index is 392. The highest BCUT2D eigenvalue weighted by Gasteiger charge is 2.03. The zero-order valence-electron chi connectivity index (χ0n) is 17.3. The van der Waals surface area contributed by atoms with Crippen LogP contribution in [-0.4, -0.2) is 9.97 Å². The topological polar surface area (TPSA) is 25.8 Å². The summed E-state index contributed by atoms with van der Waals surface area (Å²) in [5, 5.41) is 0. The molecule has 0 radical (unpaired) electrons. The van der Waals surface area contributed by atoms with E-state index in [1.54, 1.807) is 0 Å². The molecule has 0 saturated carbocycles. The van der Waals surface area contributed by atoms with Crippen molar-refractivity contribution in [1.82, 2.24) is 9.97 Å². The van der Waals surface area contributed by atoms with Crippen LogP contribution in [0.2, 0.25) is 0 Å². The molecular formula is C23H42N2. The Morgan fingerprint density at radius 1 is 0.560 bits per heavy atom. The van der Waals surface area contributed by atoms with E-state index < -0.39 is 0 Å². The van der Waals surface area contributed by atoms with E-state index in [2.05, 4.69) is 29.9 Å². The van der Waals surface area contributed by atoms with Crippen LogP contribution in [0.3, 0.4) is 0 Å². The molecule has 0 aliphatic heterocycles. The summed E-state index contributed by atoms with van der Waals surface area (Å²) in [5.74, 6) is 0.957. The number of rotatable bonds is 16. The molecule has 25 heavy (non-hydrogen) atoms. The molecule has 1 heterocycles. The van der Waals surface area contributed by atoms with E-state index in [-0.39, 0.29) is 0 Å². The van der Waals surface area contributed by atoms with Crippen molar-refractivity contribution in [3.8, 4) is 0 Å². The van der Waals surface area contributed by atoms with Gasteiger partial charge in [-0.15, -0.1) is 0 Å². The van der Waals surface area contributed by atoms with Gasteiger partial charge in [-0.05, 0) is 38.7 Å². The highest BCUT2D eigenvalue weighted by molar-refractivity contribution is 5.11. The maximum absolute atomic E-state index is 4.65. The van der Waals surface area contributed by atoms with Crippen molar-refractivity contribution in [1.29, 1.82) is 0 Å². The minimum atomic E-state index is 0.957. The summed E-state index contributed by atoms with van der Waals surface area (Å²) in [4.78, 5) is 9.30. The van der Waals surface area contributed by atoms with Crippen LogP contribution < -0.4 is 0 Å². The number of hydrogen-bond donors (Lipinski definition) is 0. The molecule has 0 fully saturated rings. The molecule has 0 saturated heterocycles. The summed E-state index contributed by atoms with van der Waals surface area (Å²) >= 11 is 0. The van der Waals surface area contributed by atoms with Gasteiger partial charge in [0.2, 0.25) is 0 Å². The van der Waals surface area contributed by atoms with Gasteiger partial charge in [0.15, 0.2) is 0 Å². The molecule has 0 spiro atoms. The first-order valence-corrected chi connectivity index (χ1v) is 11.1. The van der Waals surface area contributed by atoms with Crippen LogP contribution in [0, 0.1) is 6.92 Å². The van der Waals surface area contributed by atoms with Crippen molar-refractivity contribution in [2.24, 2.45) is 0 Å². The van der Waals surface area contributed by atoms with Gasteiger partial charge in [0, 0.05) is 11.4 Å². The number of hydrogen-bond acceptors (Lipinski definition) is 2. The minimum absolute atomic E-state index is 0.957. The third-order valence-electron chi connectivity index (χ3n) is 5.02. The first kappa shape index (κ1) is 22.1. The second kappa shape index (κ2) is 15.3. The van der Waals surface area contributed by atoms with Gasteiger partial charge in [-0.25, -0.2) is 9.97 Å². The average Bonchev–Trinajstić information content (AvgIpc) is 2.60. The third-order valence-corrected chi connectivity index (χ3v) is 5.02. The second-order valence-corrected chi connectivity index (χ2v) is 7.64. The van der Waals surface area contributed by atoms with Crippen molar-refractivity contribution in [3.63, 3.8) is 0 Å². The molecule has 1 aromatic heterocycles. The first-order chi connectivity index (χ1) is 12.3. The van der Waals surface area contributed by atoms with Gasteiger partial charge in [-0.1, -0.05) is 90.9 Å². The molecule has 144 valence electrons. The molecule has 0 bridgehead atoms. The lowest BCUT2D eigenvalue weighted by Gasteiger charge is -2.07. The van der Waals surface area contributed by atoms with E-state index in [1.165, 1.54) is 101 Å². The molecule has 1 rings (SSSR count). The standard InChI is InChI=1S/C23H42N2/c1-4-6-8-10-12-14-16-18-22-20-23(25-21(3)24-22)19-17-15-13-11-9-7-5-2/h20H,4-19H2,1-3H3. The molecule has 0 atom stereocenters. The molecular weight excluding hydrogens is 304 g/mol. The molecule has 0 N–H and O–H groups in total. The van der Waals surface area contributed by atoms with Gasteiger partial charge in [0.1, 0.15) is 5.82 Å². The molecule has 0 amide bonds. The quantitative estimate of drug-likeness (QED) is 0.292. The maximum Gasteiger partial charge on any atom is 0.125 e. The summed E-state index contributed by atoms with van der Waals surface area (Å²) in [7, 11) is 0. The highest BCUT2D eigenvalue weighted by atomic mass is 14.9. The van der Waals surface area contributed by atoms with Crippen molar-refractivity contribution in [2.45, 2.75) is 124 Å². The number of unbranched alkanes of at least 4 members (excludes halogenated alkanes) is 12. The monoisotopic (exact) mass is 346 g/mol. The van der Waals surface area contributed by atoms with E-state index in [4.69, 9.17) is 0 Å². The number of nitrogens with zero attached hydrogens (tertiary/aromatic N) is 2.